The highest BCUT2D eigenvalue weighted by molar-refractivity contribution is 5.59. The second kappa shape index (κ2) is 9.77. The Morgan fingerprint density at radius 3 is 2.27 bits per heavy atom. The molecule has 9 nitrogen and oxygen atoms in total. The zero-order valence-electron chi connectivity index (χ0n) is 16.5. The second-order valence-corrected chi connectivity index (χ2v) is 6.67. The number of ether oxygens (including phenoxy) is 5. The molecule has 1 heterocycles. The molecule has 2 aromatic carbocycles. The fraction of sp³-hybridized carbons (Fsp3) is 0.381. The van der Waals surface area contributed by atoms with Crippen molar-refractivity contribution in [2.45, 2.75) is 37.3 Å². The summed E-state index contributed by atoms with van der Waals surface area (Å²) in [6.07, 6.45) is -8.46. The van der Waals surface area contributed by atoms with Crippen LogP contribution in [0.3, 0.4) is 0 Å². The highest BCUT2D eigenvalue weighted by atomic mass is 16.8. The highest BCUT2D eigenvalue weighted by Crippen LogP contribution is 2.28. The molecule has 0 spiro atoms. The van der Waals surface area contributed by atoms with Crippen molar-refractivity contribution in [1.82, 2.24) is 0 Å². The molecule has 1 saturated heterocycles. The first-order chi connectivity index (χ1) is 14.4. The molecule has 3 rings (SSSR count). The molecule has 0 saturated carbocycles. The van der Waals surface area contributed by atoms with Crippen molar-refractivity contribution in [2.75, 3.05) is 14.2 Å². The zero-order chi connectivity index (χ0) is 21.7. The molecule has 5 atom stereocenters. The zero-order valence-corrected chi connectivity index (χ0v) is 16.5. The largest absolute Gasteiger partial charge is 0.510 e. The Bertz CT molecular complexity index is 839. The van der Waals surface area contributed by atoms with Crippen LogP contribution in [0.15, 0.2) is 48.5 Å². The Morgan fingerprint density at radius 2 is 1.60 bits per heavy atom. The summed E-state index contributed by atoms with van der Waals surface area (Å²) in [5, 5.41) is 30.4. The SMILES string of the molecule is COC(=O)O[C@H]1O[C@H](Oc2ccccc2Cc2ccc(OC)cc2)[C@H](O)[C@H](O)[C@@H]1O. The number of aliphatic hydroxyl groups is 3. The van der Waals surface area contributed by atoms with Gasteiger partial charge >= 0.3 is 6.16 Å². The molecule has 1 aliphatic heterocycles. The molecule has 0 aromatic heterocycles. The van der Waals surface area contributed by atoms with Gasteiger partial charge in [0.2, 0.25) is 12.6 Å². The van der Waals surface area contributed by atoms with Crippen LogP contribution < -0.4 is 9.47 Å². The molecule has 30 heavy (non-hydrogen) atoms. The number of carbonyl (C=O) groups is 1. The third-order valence-electron chi connectivity index (χ3n) is 4.67. The Morgan fingerprint density at radius 1 is 0.933 bits per heavy atom. The molecule has 0 amide bonds. The number of hydrogen-bond donors (Lipinski definition) is 3. The van der Waals surface area contributed by atoms with E-state index in [1.165, 1.54) is 0 Å². The highest BCUT2D eigenvalue weighted by Gasteiger charge is 2.47. The van der Waals surface area contributed by atoms with Crippen LogP contribution in [0.1, 0.15) is 11.1 Å². The molecule has 162 valence electrons. The van der Waals surface area contributed by atoms with Crippen molar-refractivity contribution in [3.05, 3.63) is 59.7 Å². The number of aliphatic hydroxyl groups excluding tert-OH is 3. The van der Waals surface area contributed by atoms with E-state index < -0.39 is 37.0 Å². The van der Waals surface area contributed by atoms with Crippen LogP contribution in [0.25, 0.3) is 0 Å². The summed E-state index contributed by atoms with van der Waals surface area (Å²) in [5.74, 6) is 1.14. The van der Waals surface area contributed by atoms with Gasteiger partial charge in [-0.25, -0.2) is 4.79 Å². The summed E-state index contributed by atoms with van der Waals surface area (Å²) in [5.41, 5.74) is 1.80. The summed E-state index contributed by atoms with van der Waals surface area (Å²) in [6, 6.07) is 14.6. The van der Waals surface area contributed by atoms with E-state index in [9.17, 15) is 20.1 Å². The van der Waals surface area contributed by atoms with Gasteiger partial charge in [-0.3, -0.25) is 4.74 Å². The van der Waals surface area contributed by atoms with Gasteiger partial charge in [0.1, 0.15) is 29.8 Å². The van der Waals surface area contributed by atoms with Gasteiger partial charge in [-0.1, -0.05) is 30.3 Å². The molecule has 0 bridgehead atoms. The maximum Gasteiger partial charge on any atom is 0.510 e. The number of benzene rings is 2. The Balaban J connectivity index is 1.76. The van der Waals surface area contributed by atoms with Gasteiger partial charge in [0.05, 0.1) is 14.2 Å². The molecule has 1 fully saturated rings. The van der Waals surface area contributed by atoms with Crippen LogP contribution >= 0.6 is 0 Å². The van der Waals surface area contributed by atoms with Crippen molar-refractivity contribution in [2.24, 2.45) is 0 Å². The maximum absolute atomic E-state index is 11.4. The maximum atomic E-state index is 11.4. The van der Waals surface area contributed by atoms with Crippen LogP contribution in [0, 0.1) is 0 Å². The molecule has 0 unspecified atom stereocenters. The number of methoxy groups -OCH3 is 2. The van der Waals surface area contributed by atoms with E-state index in [4.69, 9.17) is 18.9 Å². The van der Waals surface area contributed by atoms with Gasteiger partial charge in [-0.15, -0.1) is 0 Å². The normalized spacial score (nSPS) is 26.0. The molecule has 9 heteroatoms. The Hall–Kier alpha value is -2.85. The fourth-order valence-corrected chi connectivity index (χ4v) is 3.01. The number of para-hydroxylation sites is 1. The lowest BCUT2D eigenvalue weighted by Gasteiger charge is -2.39. The van der Waals surface area contributed by atoms with E-state index in [-0.39, 0.29) is 0 Å². The molecule has 0 aliphatic carbocycles. The van der Waals surface area contributed by atoms with E-state index in [0.29, 0.717) is 12.2 Å². The monoisotopic (exact) mass is 420 g/mol. The standard InChI is InChI=1S/C21H24O9/c1-26-14-9-7-12(8-10-14)11-13-5-3-4-6-15(13)28-19-17(23)16(22)18(24)20(29-19)30-21(25)27-2/h3-10,16-20,22-24H,11H2,1-2H3/t16-,17+,18-,19-,20+/m0/s1. The van der Waals surface area contributed by atoms with E-state index >= 15 is 0 Å². The minimum atomic E-state index is -1.67. The lowest BCUT2D eigenvalue weighted by atomic mass is 10.0. The number of carbonyl (C=O) groups excluding carboxylic acids is 1. The first kappa shape index (κ1) is 21.8. The third kappa shape index (κ3) is 5.00. The van der Waals surface area contributed by atoms with Crippen molar-refractivity contribution in [3.8, 4) is 11.5 Å². The number of rotatable bonds is 6. The topological polar surface area (TPSA) is 124 Å². The fourth-order valence-electron chi connectivity index (χ4n) is 3.01. The average Bonchev–Trinajstić information content (AvgIpc) is 2.77. The summed E-state index contributed by atoms with van der Waals surface area (Å²) >= 11 is 0. The van der Waals surface area contributed by atoms with E-state index in [2.05, 4.69) is 4.74 Å². The smallest absolute Gasteiger partial charge is 0.497 e. The van der Waals surface area contributed by atoms with Crippen LogP contribution in [0.4, 0.5) is 4.79 Å². The molecule has 0 radical (unpaired) electrons. The Labute approximate surface area is 173 Å². The van der Waals surface area contributed by atoms with Crippen LogP contribution in [-0.4, -0.2) is 66.6 Å². The number of hydrogen-bond acceptors (Lipinski definition) is 9. The Kier molecular flexibility index (Phi) is 7.11. The van der Waals surface area contributed by atoms with E-state index in [1.807, 2.05) is 36.4 Å². The molecular weight excluding hydrogens is 396 g/mol. The van der Waals surface area contributed by atoms with Crippen LogP contribution in [-0.2, 0) is 20.6 Å². The van der Waals surface area contributed by atoms with Crippen LogP contribution in [0.2, 0.25) is 0 Å². The van der Waals surface area contributed by atoms with Crippen molar-refractivity contribution in [3.63, 3.8) is 0 Å². The first-order valence-electron chi connectivity index (χ1n) is 9.24. The van der Waals surface area contributed by atoms with Gasteiger partial charge < -0.3 is 34.3 Å². The van der Waals surface area contributed by atoms with Crippen LogP contribution in [0.5, 0.6) is 11.5 Å². The molecule has 1 aliphatic rings. The summed E-state index contributed by atoms with van der Waals surface area (Å²) in [6.45, 7) is 0. The van der Waals surface area contributed by atoms with Crippen molar-refractivity contribution < 1.29 is 43.8 Å². The van der Waals surface area contributed by atoms with Crippen molar-refractivity contribution in [1.29, 1.82) is 0 Å². The quantitative estimate of drug-likeness (QED) is 0.592. The van der Waals surface area contributed by atoms with E-state index in [1.54, 1.807) is 19.2 Å². The van der Waals surface area contributed by atoms with Gasteiger partial charge in [-0.05, 0) is 29.3 Å². The lowest BCUT2D eigenvalue weighted by molar-refractivity contribution is -0.322. The minimum absolute atomic E-state index is 0.401. The van der Waals surface area contributed by atoms with Gasteiger partial charge in [-0.2, -0.15) is 0 Å². The molecule has 2 aromatic rings. The third-order valence-corrected chi connectivity index (χ3v) is 4.67. The summed E-state index contributed by atoms with van der Waals surface area (Å²) < 4.78 is 25.5. The van der Waals surface area contributed by atoms with Gasteiger partial charge in [0.15, 0.2) is 0 Å². The lowest BCUT2D eigenvalue weighted by Crippen LogP contribution is -2.60. The average molecular weight is 420 g/mol. The second-order valence-electron chi connectivity index (χ2n) is 6.67. The summed E-state index contributed by atoms with van der Waals surface area (Å²) in [4.78, 5) is 11.4. The first-order valence-corrected chi connectivity index (χ1v) is 9.24. The predicted molar refractivity (Wildman–Crippen MR) is 103 cm³/mol. The van der Waals surface area contributed by atoms with Gasteiger partial charge in [0, 0.05) is 6.42 Å². The summed E-state index contributed by atoms with van der Waals surface area (Å²) in [7, 11) is 2.68. The van der Waals surface area contributed by atoms with E-state index in [0.717, 1.165) is 24.0 Å². The molecular formula is C21H24O9. The van der Waals surface area contributed by atoms with Crippen molar-refractivity contribution >= 4 is 6.16 Å². The van der Waals surface area contributed by atoms with Gasteiger partial charge in [0.25, 0.3) is 0 Å². The minimum Gasteiger partial charge on any atom is -0.497 e. The predicted octanol–water partition coefficient (Wildman–Crippen LogP) is 1.21. The molecule has 3 N–H and O–H groups in total.